The highest BCUT2D eigenvalue weighted by Gasteiger charge is 2.27. The molecule has 1 unspecified atom stereocenters. The van der Waals surface area contributed by atoms with Crippen molar-refractivity contribution in [1.82, 2.24) is 0 Å². The van der Waals surface area contributed by atoms with Gasteiger partial charge in [-0.1, -0.05) is 0 Å². The average molecular weight is 297 g/mol. The van der Waals surface area contributed by atoms with Crippen molar-refractivity contribution >= 4 is 21.1 Å². The van der Waals surface area contributed by atoms with Crippen molar-refractivity contribution in [1.29, 1.82) is 0 Å². The second kappa shape index (κ2) is 6.66. The number of hydrogen-bond acceptors (Lipinski definition) is 5. The highest BCUT2D eigenvalue weighted by atomic mass is 31.0. The van der Waals surface area contributed by atoms with E-state index in [1.54, 1.807) is 12.1 Å². The zero-order chi connectivity index (χ0) is 14.5. The highest BCUT2D eigenvalue weighted by Crippen LogP contribution is 2.29. The Kier molecular flexibility index (Phi) is 4.90. The van der Waals surface area contributed by atoms with Crippen molar-refractivity contribution in [2.24, 2.45) is 5.92 Å². The average Bonchev–Trinajstić information content (AvgIpc) is 2.48. The fourth-order valence-corrected chi connectivity index (χ4v) is 2.54. The van der Waals surface area contributed by atoms with Gasteiger partial charge in [0.1, 0.15) is 5.75 Å². The lowest BCUT2D eigenvalue weighted by Gasteiger charge is -2.27. The predicted octanol–water partition coefficient (Wildman–Crippen LogP) is 2.87. The first-order valence-electron chi connectivity index (χ1n) is 6.42. The molecule has 7 heteroatoms. The van der Waals surface area contributed by atoms with Gasteiger partial charge < -0.3 is 9.26 Å². The van der Waals surface area contributed by atoms with E-state index in [0.29, 0.717) is 5.75 Å². The molecule has 1 saturated carbocycles. The molecular weight excluding hydrogens is 281 g/mol. The molecule has 0 N–H and O–H groups in total. The van der Waals surface area contributed by atoms with Gasteiger partial charge in [0.2, 0.25) is 0 Å². The molecule has 0 amide bonds. The summed E-state index contributed by atoms with van der Waals surface area (Å²) < 4.78 is 10.4. The molecule has 0 saturated heterocycles. The number of benzene rings is 1. The summed E-state index contributed by atoms with van der Waals surface area (Å²) >= 11 is 0. The Morgan fingerprint density at radius 1 is 1.20 bits per heavy atom. The summed E-state index contributed by atoms with van der Waals surface area (Å²) in [7, 11) is 1.98. The number of rotatable bonds is 4. The maximum Gasteiger partial charge on any atom is 0.311 e. The van der Waals surface area contributed by atoms with Crippen LogP contribution in [-0.4, -0.2) is 17.0 Å². The van der Waals surface area contributed by atoms with Gasteiger partial charge in [-0.2, -0.15) is 0 Å². The molecule has 0 aliphatic heterocycles. The number of nitro groups is 1. The number of non-ortho nitro benzene ring substituents is 1. The third-order valence-corrected chi connectivity index (χ3v) is 3.71. The molecule has 1 fully saturated rings. The van der Waals surface area contributed by atoms with E-state index < -0.39 is 4.92 Å². The minimum atomic E-state index is -0.441. The van der Waals surface area contributed by atoms with Crippen molar-refractivity contribution in [3.63, 3.8) is 0 Å². The molecule has 0 bridgehead atoms. The van der Waals surface area contributed by atoms with Crippen molar-refractivity contribution in [2.45, 2.75) is 31.8 Å². The molecular formula is C13H16NO5P. The van der Waals surface area contributed by atoms with E-state index in [1.165, 1.54) is 12.1 Å². The lowest BCUT2D eigenvalue weighted by atomic mass is 9.87. The van der Waals surface area contributed by atoms with Gasteiger partial charge in [0.15, 0.2) is 0 Å². The van der Waals surface area contributed by atoms with Crippen molar-refractivity contribution in [3.05, 3.63) is 34.4 Å². The lowest BCUT2D eigenvalue weighted by Crippen LogP contribution is -2.28. The second-order valence-corrected chi connectivity index (χ2v) is 5.02. The lowest BCUT2D eigenvalue weighted by molar-refractivity contribution is -0.384. The maximum absolute atomic E-state index is 11.4. The minimum absolute atomic E-state index is 0.0456. The van der Waals surface area contributed by atoms with Crippen molar-refractivity contribution in [2.75, 3.05) is 0 Å². The zero-order valence-electron chi connectivity index (χ0n) is 10.9. The van der Waals surface area contributed by atoms with Crippen LogP contribution in [-0.2, 0) is 9.32 Å². The molecule has 1 aromatic rings. The quantitative estimate of drug-likeness (QED) is 0.485. The monoisotopic (exact) mass is 297 g/mol. The summed E-state index contributed by atoms with van der Waals surface area (Å²) in [6.45, 7) is 0. The van der Waals surface area contributed by atoms with Crippen molar-refractivity contribution < 1.29 is 19.0 Å². The number of nitro benzene ring substituents is 1. The molecule has 6 nitrogen and oxygen atoms in total. The number of carbonyl (C=O) groups excluding carboxylic acids is 1. The third-order valence-electron chi connectivity index (χ3n) is 3.47. The fraction of sp³-hybridized carbons (Fsp3) is 0.462. The van der Waals surface area contributed by atoms with E-state index >= 15 is 0 Å². The highest BCUT2D eigenvalue weighted by molar-refractivity contribution is 7.10. The van der Waals surface area contributed by atoms with E-state index in [1.807, 2.05) is 9.47 Å². The first kappa shape index (κ1) is 14.7. The fourth-order valence-electron chi connectivity index (χ4n) is 2.35. The van der Waals surface area contributed by atoms with E-state index in [4.69, 9.17) is 4.74 Å². The van der Waals surface area contributed by atoms with Crippen LogP contribution in [0.25, 0.3) is 0 Å². The van der Waals surface area contributed by atoms with Crippen LogP contribution in [0.3, 0.4) is 0 Å². The Balaban J connectivity index is 1.86. The first-order valence-corrected chi connectivity index (χ1v) is 6.89. The largest absolute Gasteiger partial charge is 0.490 e. The van der Waals surface area contributed by atoms with E-state index in [2.05, 4.69) is 4.52 Å². The summed E-state index contributed by atoms with van der Waals surface area (Å²) in [6, 6.07) is 6.04. The smallest absolute Gasteiger partial charge is 0.311 e. The predicted molar refractivity (Wildman–Crippen MR) is 75.3 cm³/mol. The van der Waals surface area contributed by atoms with Crippen LogP contribution >= 0.6 is 9.47 Å². The van der Waals surface area contributed by atoms with Gasteiger partial charge in [0, 0.05) is 12.1 Å². The second-order valence-electron chi connectivity index (χ2n) is 4.78. The number of hydrogen-bond donors (Lipinski definition) is 0. The first-order chi connectivity index (χ1) is 9.60. The van der Waals surface area contributed by atoms with Gasteiger partial charge in [-0.25, -0.2) is 0 Å². The van der Waals surface area contributed by atoms with Crippen LogP contribution in [0.5, 0.6) is 5.75 Å². The Morgan fingerprint density at radius 2 is 1.80 bits per heavy atom. The van der Waals surface area contributed by atoms with Gasteiger partial charge >= 0.3 is 5.97 Å². The van der Waals surface area contributed by atoms with Gasteiger partial charge in [-0.15, -0.1) is 0 Å². The van der Waals surface area contributed by atoms with E-state index in [0.717, 1.165) is 25.7 Å². The Bertz CT molecular complexity index is 482. The van der Waals surface area contributed by atoms with Gasteiger partial charge in [-0.3, -0.25) is 14.9 Å². The Labute approximate surface area is 118 Å². The van der Waals surface area contributed by atoms with Crippen LogP contribution in [0.2, 0.25) is 0 Å². The topological polar surface area (TPSA) is 78.7 Å². The molecule has 0 spiro atoms. The molecule has 20 heavy (non-hydrogen) atoms. The normalized spacial score (nSPS) is 22.1. The molecule has 1 aliphatic rings. The molecule has 0 aromatic heterocycles. The number of carbonyl (C=O) groups is 1. The molecule has 1 aromatic carbocycles. The van der Waals surface area contributed by atoms with E-state index in [-0.39, 0.29) is 23.7 Å². The standard InChI is InChI=1S/C13H16NO5P/c15-13(19-20)9-1-5-11(6-2-9)18-12-7-3-10(4-8-12)14(16)17/h3-4,7-9,11H,1-2,5-6,20H2. The van der Waals surface area contributed by atoms with Crippen molar-refractivity contribution in [3.8, 4) is 5.75 Å². The van der Waals surface area contributed by atoms with Crippen LogP contribution < -0.4 is 4.74 Å². The minimum Gasteiger partial charge on any atom is -0.490 e. The van der Waals surface area contributed by atoms with Crippen LogP contribution in [0, 0.1) is 16.0 Å². The molecule has 108 valence electrons. The van der Waals surface area contributed by atoms with Crippen LogP contribution in [0.1, 0.15) is 25.7 Å². The van der Waals surface area contributed by atoms with Gasteiger partial charge in [-0.05, 0) is 37.8 Å². The number of ether oxygens (including phenoxy) is 1. The van der Waals surface area contributed by atoms with Crippen LogP contribution in [0.4, 0.5) is 5.69 Å². The third kappa shape index (κ3) is 3.67. The SMILES string of the molecule is O=C(OP)C1CCC(Oc2ccc([N+](=O)[O-])cc2)CC1. The zero-order valence-corrected chi connectivity index (χ0v) is 12.0. The maximum atomic E-state index is 11.4. The summed E-state index contributed by atoms with van der Waals surface area (Å²) in [4.78, 5) is 21.5. The van der Waals surface area contributed by atoms with Crippen LogP contribution in [0.15, 0.2) is 24.3 Å². The Morgan fingerprint density at radius 3 is 2.30 bits per heavy atom. The van der Waals surface area contributed by atoms with Gasteiger partial charge in [0.05, 0.1) is 26.4 Å². The Hall–Kier alpha value is -1.68. The summed E-state index contributed by atoms with van der Waals surface area (Å²) in [5.74, 6) is 0.376. The summed E-state index contributed by atoms with van der Waals surface area (Å²) in [5.41, 5.74) is 0.0456. The molecule has 1 atom stereocenters. The van der Waals surface area contributed by atoms with E-state index in [9.17, 15) is 14.9 Å². The number of nitrogens with zero attached hydrogens (tertiary/aromatic N) is 1. The molecule has 0 radical (unpaired) electrons. The molecule has 0 heterocycles. The summed E-state index contributed by atoms with van der Waals surface area (Å²) in [5, 5.41) is 10.5. The molecule has 1 aliphatic carbocycles. The van der Waals surface area contributed by atoms with Gasteiger partial charge in [0.25, 0.3) is 5.69 Å². The molecule has 2 rings (SSSR count). The summed E-state index contributed by atoms with van der Waals surface area (Å²) in [6.07, 6.45) is 3.09.